The molecule has 1 saturated heterocycles. The van der Waals surface area contributed by atoms with Crippen molar-refractivity contribution in [1.82, 2.24) is 4.98 Å². The van der Waals surface area contributed by atoms with Crippen molar-refractivity contribution in [2.24, 2.45) is 11.0 Å². The lowest BCUT2D eigenvalue weighted by atomic mass is 10.1. The van der Waals surface area contributed by atoms with Crippen LogP contribution in [0.3, 0.4) is 0 Å². The second kappa shape index (κ2) is 4.80. The second-order valence-electron chi connectivity index (χ2n) is 3.85. The molecule has 2 rings (SSSR count). The normalized spacial score (nSPS) is 19.2. The van der Waals surface area contributed by atoms with Gasteiger partial charge in [0.05, 0.1) is 18.1 Å². The van der Waals surface area contributed by atoms with Gasteiger partial charge in [-0.15, -0.1) is 0 Å². The summed E-state index contributed by atoms with van der Waals surface area (Å²) >= 11 is 0. The van der Waals surface area contributed by atoms with Crippen LogP contribution in [-0.2, 0) is 4.79 Å². The lowest BCUT2D eigenvalue weighted by Gasteiger charge is -2.15. The Morgan fingerprint density at radius 3 is 3.18 bits per heavy atom. The van der Waals surface area contributed by atoms with E-state index in [0.29, 0.717) is 18.7 Å². The van der Waals surface area contributed by atoms with E-state index in [2.05, 4.69) is 15.0 Å². The number of hydrogen-bond acceptors (Lipinski definition) is 3. The molecule has 0 aliphatic carbocycles. The molecule has 0 aromatic carbocycles. The molecular formula is C10H10FN5O. The Bertz CT molecular complexity index is 485. The maximum Gasteiger partial charge on any atom is 0.227 e. The Kier molecular flexibility index (Phi) is 3.20. The SMILES string of the molecule is [N-]=[N+]=NCC1CC(=O)N(c2cncc(F)c2)C1. The van der Waals surface area contributed by atoms with E-state index >= 15 is 0 Å². The first-order valence-corrected chi connectivity index (χ1v) is 5.12. The van der Waals surface area contributed by atoms with Crippen molar-refractivity contribution >= 4 is 11.6 Å². The Labute approximate surface area is 96.7 Å². The predicted octanol–water partition coefficient (Wildman–Crippen LogP) is 1.88. The van der Waals surface area contributed by atoms with Crippen molar-refractivity contribution in [2.75, 3.05) is 18.0 Å². The van der Waals surface area contributed by atoms with Crippen LogP contribution in [0.4, 0.5) is 10.1 Å². The van der Waals surface area contributed by atoms with Crippen molar-refractivity contribution in [1.29, 1.82) is 0 Å². The lowest BCUT2D eigenvalue weighted by Crippen LogP contribution is -2.25. The number of hydrogen-bond donors (Lipinski definition) is 0. The maximum absolute atomic E-state index is 13.0. The van der Waals surface area contributed by atoms with Gasteiger partial charge < -0.3 is 4.90 Å². The van der Waals surface area contributed by atoms with Gasteiger partial charge in [0.15, 0.2) is 0 Å². The molecule has 1 aliphatic heterocycles. The molecule has 0 saturated carbocycles. The first kappa shape index (κ1) is 11.3. The average molecular weight is 235 g/mol. The van der Waals surface area contributed by atoms with Crippen LogP contribution in [0.15, 0.2) is 23.6 Å². The third-order valence-corrected chi connectivity index (χ3v) is 2.61. The number of carbonyl (C=O) groups is 1. The summed E-state index contributed by atoms with van der Waals surface area (Å²) in [5.41, 5.74) is 8.66. The Morgan fingerprint density at radius 1 is 1.65 bits per heavy atom. The third kappa shape index (κ3) is 2.51. The molecule has 0 N–H and O–H groups in total. The minimum atomic E-state index is -0.478. The molecule has 1 atom stereocenters. The Morgan fingerprint density at radius 2 is 2.47 bits per heavy atom. The summed E-state index contributed by atoms with van der Waals surface area (Å²) < 4.78 is 13.0. The molecule has 0 spiro atoms. The summed E-state index contributed by atoms with van der Waals surface area (Å²) in [6, 6.07) is 1.26. The van der Waals surface area contributed by atoms with Crippen molar-refractivity contribution in [3.63, 3.8) is 0 Å². The third-order valence-electron chi connectivity index (χ3n) is 2.61. The maximum atomic E-state index is 13.0. The van der Waals surface area contributed by atoms with Gasteiger partial charge >= 0.3 is 0 Å². The number of azide groups is 1. The first-order valence-electron chi connectivity index (χ1n) is 5.12. The summed E-state index contributed by atoms with van der Waals surface area (Å²) in [7, 11) is 0. The van der Waals surface area contributed by atoms with Crippen LogP contribution in [0.2, 0.25) is 0 Å². The van der Waals surface area contributed by atoms with Gasteiger partial charge in [-0.1, -0.05) is 5.11 Å². The van der Waals surface area contributed by atoms with Gasteiger partial charge in [0.25, 0.3) is 0 Å². The molecule has 7 heteroatoms. The molecular weight excluding hydrogens is 225 g/mol. The lowest BCUT2D eigenvalue weighted by molar-refractivity contribution is -0.117. The zero-order valence-electron chi connectivity index (χ0n) is 8.95. The topological polar surface area (TPSA) is 82.0 Å². The first-order chi connectivity index (χ1) is 8.20. The van der Waals surface area contributed by atoms with E-state index in [4.69, 9.17) is 5.53 Å². The van der Waals surface area contributed by atoms with E-state index in [0.717, 1.165) is 6.20 Å². The van der Waals surface area contributed by atoms with E-state index in [1.165, 1.54) is 17.2 Å². The fraction of sp³-hybridized carbons (Fsp3) is 0.400. The van der Waals surface area contributed by atoms with Gasteiger partial charge in [0.2, 0.25) is 5.91 Å². The van der Waals surface area contributed by atoms with Crippen LogP contribution >= 0.6 is 0 Å². The fourth-order valence-electron chi connectivity index (χ4n) is 1.85. The summed E-state index contributed by atoms with van der Waals surface area (Å²) in [5, 5.41) is 3.45. The summed E-state index contributed by atoms with van der Waals surface area (Å²) in [6.45, 7) is 0.713. The zero-order chi connectivity index (χ0) is 12.3. The molecule has 0 radical (unpaired) electrons. The molecule has 1 aromatic heterocycles. The molecule has 6 nitrogen and oxygen atoms in total. The number of pyridine rings is 1. The van der Waals surface area contributed by atoms with Crippen LogP contribution in [0.5, 0.6) is 0 Å². The van der Waals surface area contributed by atoms with E-state index in [1.54, 1.807) is 0 Å². The number of halogens is 1. The standard InChI is InChI=1S/C10H10FN5O/c11-8-2-9(5-13-4-8)16-6-7(1-10(16)17)3-14-15-12/h2,4-5,7H,1,3,6H2. The quantitative estimate of drug-likeness (QED) is 0.455. The van der Waals surface area contributed by atoms with Gasteiger partial charge in [-0.25, -0.2) is 4.39 Å². The largest absolute Gasteiger partial charge is 0.310 e. The van der Waals surface area contributed by atoms with Crippen LogP contribution < -0.4 is 4.90 Å². The van der Waals surface area contributed by atoms with E-state index in [-0.39, 0.29) is 18.4 Å². The molecule has 1 aliphatic rings. The Hall–Kier alpha value is -2.14. The molecule has 1 amide bonds. The van der Waals surface area contributed by atoms with Gasteiger partial charge in [-0.2, -0.15) is 0 Å². The van der Waals surface area contributed by atoms with Crippen molar-refractivity contribution < 1.29 is 9.18 Å². The average Bonchev–Trinajstić information content (AvgIpc) is 2.68. The monoisotopic (exact) mass is 235 g/mol. The number of carbonyl (C=O) groups excluding carboxylic acids is 1. The zero-order valence-corrected chi connectivity index (χ0v) is 8.95. The summed E-state index contributed by atoms with van der Waals surface area (Å²) in [5.74, 6) is -0.592. The number of rotatable bonds is 3. The minimum absolute atomic E-state index is 0.0123. The van der Waals surface area contributed by atoms with Crippen LogP contribution in [-0.4, -0.2) is 24.0 Å². The molecule has 1 aromatic rings. The van der Waals surface area contributed by atoms with E-state index in [1.807, 2.05) is 0 Å². The summed E-state index contributed by atoms with van der Waals surface area (Å²) in [6.07, 6.45) is 2.84. The molecule has 17 heavy (non-hydrogen) atoms. The van der Waals surface area contributed by atoms with Gasteiger partial charge in [-0.3, -0.25) is 9.78 Å². The van der Waals surface area contributed by atoms with Crippen LogP contribution in [0.25, 0.3) is 10.4 Å². The predicted molar refractivity (Wildman–Crippen MR) is 58.7 cm³/mol. The number of amides is 1. The smallest absolute Gasteiger partial charge is 0.227 e. The number of aromatic nitrogens is 1. The van der Waals surface area contributed by atoms with Crippen molar-refractivity contribution in [2.45, 2.75) is 6.42 Å². The highest BCUT2D eigenvalue weighted by atomic mass is 19.1. The van der Waals surface area contributed by atoms with E-state index in [9.17, 15) is 9.18 Å². The molecule has 0 bridgehead atoms. The second-order valence-corrected chi connectivity index (χ2v) is 3.85. The highest BCUT2D eigenvalue weighted by Crippen LogP contribution is 2.24. The van der Waals surface area contributed by atoms with Crippen molar-refractivity contribution in [3.05, 3.63) is 34.7 Å². The highest BCUT2D eigenvalue weighted by Gasteiger charge is 2.30. The van der Waals surface area contributed by atoms with E-state index < -0.39 is 5.82 Å². The van der Waals surface area contributed by atoms with Gasteiger partial charge in [0.1, 0.15) is 5.82 Å². The molecule has 2 heterocycles. The highest BCUT2D eigenvalue weighted by molar-refractivity contribution is 5.95. The number of nitrogens with zero attached hydrogens (tertiary/aromatic N) is 5. The van der Waals surface area contributed by atoms with Gasteiger partial charge in [-0.05, 0) is 11.4 Å². The molecule has 1 fully saturated rings. The van der Waals surface area contributed by atoms with Crippen molar-refractivity contribution in [3.8, 4) is 0 Å². The molecule has 1 unspecified atom stereocenters. The van der Waals surface area contributed by atoms with Gasteiger partial charge in [0, 0.05) is 30.5 Å². The minimum Gasteiger partial charge on any atom is -0.310 e. The Balaban J connectivity index is 2.12. The fourth-order valence-corrected chi connectivity index (χ4v) is 1.85. The number of anilines is 1. The van der Waals surface area contributed by atoms with Crippen LogP contribution in [0, 0.1) is 11.7 Å². The summed E-state index contributed by atoms with van der Waals surface area (Å²) in [4.78, 5) is 19.5. The molecule has 88 valence electrons. The van der Waals surface area contributed by atoms with Crippen LogP contribution in [0.1, 0.15) is 6.42 Å².